The van der Waals surface area contributed by atoms with Crippen LogP contribution in [0.4, 0.5) is 0 Å². The van der Waals surface area contributed by atoms with Crippen LogP contribution < -0.4 is 0 Å². The minimum Gasteiger partial charge on any atom is -0.478 e. The highest BCUT2D eigenvalue weighted by Crippen LogP contribution is 2.20. The maximum atomic E-state index is 11.9. The first kappa shape index (κ1) is 16.0. The fraction of sp³-hybridized carbons (Fsp3) is 0.375. The summed E-state index contributed by atoms with van der Waals surface area (Å²) < 4.78 is 4.83. The van der Waals surface area contributed by atoms with Gasteiger partial charge in [0.25, 0.3) is 0 Å². The lowest BCUT2D eigenvalue weighted by Crippen LogP contribution is -2.12. The molecule has 1 aromatic rings. The molecule has 4 heteroatoms. The maximum Gasteiger partial charge on any atom is 0.335 e. The van der Waals surface area contributed by atoms with Crippen LogP contribution in [0.5, 0.6) is 0 Å². The second kappa shape index (κ2) is 6.89. The summed E-state index contributed by atoms with van der Waals surface area (Å²) in [7, 11) is 1.36. The summed E-state index contributed by atoms with van der Waals surface area (Å²) in [6.07, 6.45) is 0.441. The molecule has 0 aliphatic rings. The predicted octanol–water partition coefficient (Wildman–Crippen LogP) is 3.07. The number of rotatable bonds is 5. The van der Waals surface area contributed by atoms with E-state index in [1.54, 1.807) is 12.1 Å². The Labute approximate surface area is 119 Å². The topological polar surface area (TPSA) is 63.6 Å². The highest BCUT2D eigenvalue weighted by Gasteiger charge is 2.16. The number of aromatic carboxylic acids is 1. The Morgan fingerprint density at radius 2 is 1.75 bits per heavy atom. The Morgan fingerprint density at radius 1 is 1.20 bits per heavy atom. The van der Waals surface area contributed by atoms with Crippen molar-refractivity contribution >= 4 is 11.9 Å². The van der Waals surface area contributed by atoms with Crippen molar-refractivity contribution in [3.63, 3.8) is 0 Å². The van der Waals surface area contributed by atoms with Gasteiger partial charge in [-0.3, -0.25) is 0 Å². The molecule has 1 aromatic carbocycles. The van der Waals surface area contributed by atoms with E-state index < -0.39 is 5.97 Å². The van der Waals surface area contributed by atoms with E-state index in [0.717, 1.165) is 11.1 Å². The zero-order valence-electron chi connectivity index (χ0n) is 12.3. The normalized spacial score (nSPS) is 12.1. The van der Waals surface area contributed by atoms with Crippen molar-refractivity contribution in [3.05, 3.63) is 46.5 Å². The molecule has 0 bridgehead atoms. The SMILES string of the molecule is COC(=O)C(Cc1ccc(C(=O)O)cc1)=C(C)C(C)C. The molecule has 0 spiro atoms. The van der Waals surface area contributed by atoms with Crippen molar-refractivity contribution in [2.45, 2.75) is 27.2 Å². The molecule has 0 aliphatic carbocycles. The predicted molar refractivity (Wildman–Crippen MR) is 76.7 cm³/mol. The van der Waals surface area contributed by atoms with Gasteiger partial charge < -0.3 is 9.84 Å². The summed E-state index contributed by atoms with van der Waals surface area (Å²) in [5, 5.41) is 8.86. The van der Waals surface area contributed by atoms with Gasteiger partial charge in [0.2, 0.25) is 0 Å². The number of carboxylic acids is 1. The molecule has 0 heterocycles. The van der Waals surface area contributed by atoms with Gasteiger partial charge in [0.05, 0.1) is 12.7 Å². The summed E-state index contributed by atoms with van der Waals surface area (Å²) >= 11 is 0. The van der Waals surface area contributed by atoms with Crippen LogP contribution >= 0.6 is 0 Å². The molecule has 0 fully saturated rings. The number of carbonyl (C=O) groups is 2. The molecule has 1 rings (SSSR count). The van der Waals surface area contributed by atoms with E-state index >= 15 is 0 Å². The lowest BCUT2D eigenvalue weighted by Gasteiger charge is -2.13. The zero-order valence-corrected chi connectivity index (χ0v) is 12.3. The number of carboxylic acid groups (broad SMARTS) is 1. The first-order valence-electron chi connectivity index (χ1n) is 6.47. The van der Waals surface area contributed by atoms with Crippen LogP contribution in [0.25, 0.3) is 0 Å². The Hall–Kier alpha value is -2.10. The third-order valence-corrected chi connectivity index (χ3v) is 3.36. The molecule has 0 radical (unpaired) electrons. The number of benzene rings is 1. The van der Waals surface area contributed by atoms with Crippen LogP contribution in [0.1, 0.15) is 36.7 Å². The van der Waals surface area contributed by atoms with Crippen molar-refractivity contribution in [2.24, 2.45) is 5.92 Å². The van der Waals surface area contributed by atoms with Gasteiger partial charge in [-0.05, 0) is 30.5 Å². The second-order valence-electron chi connectivity index (χ2n) is 4.99. The molecular formula is C16H20O4. The summed E-state index contributed by atoms with van der Waals surface area (Å²) in [5.41, 5.74) is 2.73. The van der Waals surface area contributed by atoms with Crippen molar-refractivity contribution in [1.82, 2.24) is 0 Å². The lowest BCUT2D eigenvalue weighted by atomic mass is 9.94. The van der Waals surface area contributed by atoms with E-state index in [2.05, 4.69) is 0 Å². The largest absolute Gasteiger partial charge is 0.478 e. The molecule has 0 saturated carbocycles. The van der Waals surface area contributed by atoms with Crippen molar-refractivity contribution in [3.8, 4) is 0 Å². The number of allylic oxidation sites excluding steroid dienone is 1. The summed E-state index contributed by atoms with van der Waals surface area (Å²) in [6.45, 7) is 5.96. The molecule has 4 nitrogen and oxygen atoms in total. The first-order chi connectivity index (χ1) is 9.36. The molecule has 1 N–H and O–H groups in total. The summed E-state index contributed by atoms with van der Waals surface area (Å²) in [4.78, 5) is 22.7. The smallest absolute Gasteiger partial charge is 0.335 e. The van der Waals surface area contributed by atoms with Crippen LogP contribution in [-0.4, -0.2) is 24.2 Å². The van der Waals surface area contributed by atoms with Crippen LogP contribution in [0, 0.1) is 5.92 Å². The lowest BCUT2D eigenvalue weighted by molar-refractivity contribution is -0.136. The fourth-order valence-corrected chi connectivity index (χ4v) is 1.81. The van der Waals surface area contributed by atoms with Crippen molar-refractivity contribution < 1.29 is 19.4 Å². The van der Waals surface area contributed by atoms with Gasteiger partial charge in [-0.15, -0.1) is 0 Å². The van der Waals surface area contributed by atoms with E-state index in [4.69, 9.17) is 9.84 Å². The van der Waals surface area contributed by atoms with Crippen LogP contribution in [0.2, 0.25) is 0 Å². The number of carbonyl (C=O) groups excluding carboxylic acids is 1. The van der Waals surface area contributed by atoms with Gasteiger partial charge in [0.1, 0.15) is 0 Å². The van der Waals surface area contributed by atoms with E-state index in [1.165, 1.54) is 19.2 Å². The van der Waals surface area contributed by atoms with E-state index in [0.29, 0.717) is 12.0 Å². The van der Waals surface area contributed by atoms with Crippen molar-refractivity contribution in [2.75, 3.05) is 7.11 Å². The Balaban J connectivity index is 3.05. The molecule has 0 aromatic heterocycles. The maximum absolute atomic E-state index is 11.9. The molecule has 0 saturated heterocycles. The summed E-state index contributed by atoms with van der Waals surface area (Å²) in [6, 6.07) is 6.52. The summed E-state index contributed by atoms with van der Waals surface area (Å²) in [5.74, 6) is -1.04. The Kier molecular flexibility index (Phi) is 5.50. The highest BCUT2D eigenvalue weighted by atomic mass is 16.5. The molecule has 0 amide bonds. The number of hydrogen-bond acceptors (Lipinski definition) is 3. The first-order valence-corrected chi connectivity index (χ1v) is 6.47. The molecule has 108 valence electrons. The molecule has 0 aliphatic heterocycles. The number of hydrogen-bond donors (Lipinski definition) is 1. The van der Waals surface area contributed by atoms with E-state index in [1.807, 2.05) is 20.8 Å². The standard InChI is InChI=1S/C16H20O4/c1-10(2)11(3)14(16(19)20-4)9-12-5-7-13(8-6-12)15(17)18/h5-8,10H,9H2,1-4H3,(H,17,18). The minimum absolute atomic E-state index is 0.234. The van der Waals surface area contributed by atoms with Gasteiger partial charge in [-0.2, -0.15) is 0 Å². The van der Waals surface area contributed by atoms with Gasteiger partial charge in [-0.1, -0.05) is 31.6 Å². The Morgan fingerprint density at radius 3 is 2.15 bits per heavy atom. The molecular weight excluding hydrogens is 256 g/mol. The van der Waals surface area contributed by atoms with Crippen LogP contribution in [0.15, 0.2) is 35.4 Å². The fourth-order valence-electron chi connectivity index (χ4n) is 1.81. The third-order valence-electron chi connectivity index (χ3n) is 3.36. The molecule has 0 atom stereocenters. The quantitative estimate of drug-likeness (QED) is 0.663. The van der Waals surface area contributed by atoms with Gasteiger partial charge in [-0.25, -0.2) is 9.59 Å². The number of methoxy groups -OCH3 is 1. The third kappa shape index (κ3) is 3.95. The number of ether oxygens (including phenoxy) is 1. The second-order valence-corrected chi connectivity index (χ2v) is 4.99. The zero-order chi connectivity index (χ0) is 15.3. The average Bonchev–Trinajstić information content (AvgIpc) is 2.43. The minimum atomic E-state index is -0.960. The van der Waals surface area contributed by atoms with Crippen LogP contribution in [0.3, 0.4) is 0 Å². The van der Waals surface area contributed by atoms with Crippen molar-refractivity contribution in [1.29, 1.82) is 0 Å². The van der Waals surface area contributed by atoms with Gasteiger partial charge >= 0.3 is 11.9 Å². The number of esters is 1. The molecule has 0 unspecified atom stereocenters. The monoisotopic (exact) mass is 276 g/mol. The molecule has 20 heavy (non-hydrogen) atoms. The van der Waals surface area contributed by atoms with Crippen LogP contribution in [-0.2, 0) is 16.0 Å². The van der Waals surface area contributed by atoms with Gasteiger partial charge in [0, 0.05) is 12.0 Å². The van der Waals surface area contributed by atoms with Gasteiger partial charge in [0.15, 0.2) is 0 Å². The average molecular weight is 276 g/mol. The Bertz CT molecular complexity index is 524. The van der Waals surface area contributed by atoms with E-state index in [9.17, 15) is 9.59 Å². The van der Waals surface area contributed by atoms with E-state index in [-0.39, 0.29) is 17.5 Å². The highest BCUT2D eigenvalue weighted by molar-refractivity contribution is 5.90.